The summed E-state index contributed by atoms with van der Waals surface area (Å²) < 4.78 is 5.10. The van der Waals surface area contributed by atoms with Gasteiger partial charge in [0.15, 0.2) is 0 Å². The predicted octanol–water partition coefficient (Wildman–Crippen LogP) is 1.75. The summed E-state index contributed by atoms with van der Waals surface area (Å²) in [5.41, 5.74) is 7.45. The highest BCUT2D eigenvalue weighted by Crippen LogP contribution is 2.23. The molecule has 1 heterocycles. The molecule has 0 saturated carbocycles. The van der Waals surface area contributed by atoms with Crippen LogP contribution in [0.1, 0.15) is 25.3 Å². The Labute approximate surface area is 114 Å². The largest absolute Gasteiger partial charge is 0.466 e. The fourth-order valence-electron chi connectivity index (χ4n) is 2.60. The van der Waals surface area contributed by atoms with Gasteiger partial charge in [-0.15, -0.1) is 0 Å². The molecule has 1 aliphatic heterocycles. The molecule has 1 fully saturated rings. The molecule has 0 spiro atoms. The maximum absolute atomic E-state index is 11.9. The Hall–Kier alpha value is -1.39. The lowest BCUT2D eigenvalue weighted by Crippen LogP contribution is -2.53. The van der Waals surface area contributed by atoms with Gasteiger partial charge in [-0.2, -0.15) is 0 Å². The number of rotatable bonds is 4. The smallest absolute Gasteiger partial charge is 0.311 e. The van der Waals surface area contributed by atoms with Crippen LogP contribution in [0.4, 0.5) is 0 Å². The second kappa shape index (κ2) is 6.68. The third-order valence-corrected chi connectivity index (χ3v) is 3.61. The first kappa shape index (κ1) is 14.0. The summed E-state index contributed by atoms with van der Waals surface area (Å²) in [6.07, 6.45) is 1.57. The van der Waals surface area contributed by atoms with Gasteiger partial charge < -0.3 is 10.5 Å². The van der Waals surface area contributed by atoms with E-state index in [4.69, 9.17) is 10.5 Å². The van der Waals surface area contributed by atoms with E-state index in [0.717, 1.165) is 25.9 Å². The van der Waals surface area contributed by atoms with Crippen molar-refractivity contribution in [3.05, 3.63) is 35.9 Å². The standard InChI is InChI=1S/C15H22N2O2/c1-2-19-15(18)13-9-6-10-17(14(13)16)11-12-7-4-3-5-8-12/h3-5,7-8,13-14H,2,6,9-11,16H2,1H3. The van der Waals surface area contributed by atoms with E-state index in [1.54, 1.807) is 0 Å². The summed E-state index contributed by atoms with van der Waals surface area (Å²) >= 11 is 0. The number of esters is 1. The average Bonchev–Trinajstić information content (AvgIpc) is 2.42. The van der Waals surface area contributed by atoms with Crippen LogP contribution in [0.25, 0.3) is 0 Å². The lowest BCUT2D eigenvalue weighted by atomic mass is 9.94. The van der Waals surface area contributed by atoms with Crippen molar-refractivity contribution in [3.63, 3.8) is 0 Å². The molecule has 2 rings (SSSR count). The van der Waals surface area contributed by atoms with E-state index in [9.17, 15) is 4.79 Å². The zero-order valence-electron chi connectivity index (χ0n) is 11.4. The third kappa shape index (κ3) is 3.55. The highest BCUT2D eigenvalue weighted by atomic mass is 16.5. The van der Waals surface area contributed by atoms with Crippen LogP contribution in [-0.2, 0) is 16.1 Å². The molecule has 104 valence electrons. The number of carbonyl (C=O) groups is 1. The number of piperidine rings is 1. The summed E-state index contributed by atoms with van der Waals surface area (Å²) in [5, 5.41) is 0. The first-order valence-corrected chi connectivity index (χ1v) is 6.92. The van der Waals surface area contributed by atoms with Gasteiger partial charge in [-0.3, -0.25) is 9.69 Å². The molecule has 2 atom stereocenters. The Morgan fingerprint density at radius 1 is 1.42 bits per heavy atom. The number of likely N-dealkylation sites (tertiary alicyclic amines) is 1. The summed E-state index contributed by atoms with van der Waals surface area (Å²) in [5.74, 6) is -0.356. The number of hydrogen-bond acceptors (Lipinski definition) is 4. The van der Waals surface area contributed by atoms with Gasteiger partial charge in [0.05, 0.1) is 18.7 Å². The molecule has 19 heavy (non-hydrogen) atoms. The third-order valence-electron chi connectivity index (χ3n) is 3.61. The van der Waals surface area contributed by atoms with E-state index in [0.29, 0.717) is 6.61 Å². The lowest BCUT2D eigenvalue weighted by molar-refractivity contribution is -0.152. The van der Waals surface area contributed by atoms with Crippen molar-refractivity contribution in [1.29, 1.82) is 0 Å². The van der Waals surface area contributed by atoms with Crippen molar-refractivity contribution in [1.82, 2.24) is 4.90 Å². The first-order valence-electron chi connectivity index (χ1n) is 6.92. The lowest BCUT2D eigenvalue weighted by Gasteiger charge is -2.37. The highest BCUT2D eigenvalue weighted by Gasteiger charge is 2.34. The van der Waals surface area contributed by atoms with Crippen molar-refractivity contribution in [2.45, 2.75) is 32.5 Å². The molecule has 0 bridgehead atoms. The van der Waals surface area contributed by atoms with Gasteiger partial charge in [-0.25, -0.2) is 0 Å². The maximum Gasteiger partial charge on any atom is 0.311 e. The molecule has 2 N–H and O–H groups in total. The van der Waals surface area contributed by atoms with Crippen LogP contribution < -0.4 is 5.73 Å². The van der Waals surface area contributed by atoms with E-state index < -0.39 is 0 Å². The van der Waals surface area contributed by atoms with E-state index >= 15 is 0 Å². The van der Waals surface area contributed by atoms with Crippen molar-refractivity contribution >= 4 is 5.97 Å². The van der Waals surface area contributed by atoms with Crippen LogP contribution >= 0.6 is 0 Å². The average molecular weight is 262 g/mol. The SMILES string of the molecule is CCOC(=O)C1CCCN(Cc2ccccc2)C1N. The van der Waals surface area contributed by atoms with Gasteiger partial charge in [-0.1, -0.05) is 30.3 Å². The van der Waals surface area contributed by atoms with E-state index in [1.165, 1.54) is 5.56 Å². The molecular formula is C15H22N2O2. The fraction of sp³-hybridized carbons (Fsp3) is 0.533. The Bertz CT molecular complexity index is 408. The van der Waals surface area contributed by atoms with Crippen molar-refractivity contribution in [3.8, 4) is 0 Å². The normalized spacial score (nSPS) is 24.1. The van der Waals surface area contributed by atoms with E-state index in [1.807, 2.05) is 25.1 Å². The molecule has 4 heteroatoms. The number of carbonyl (C=O) groups excluding carboxylic acids is 1. The van der Waals surface area contributed by atoms with Gasteiger partial charge in [-0.05, 0) is 25.3 Å². The summed E-state index contributed by atoms with van der Waals surface area (Å²) in [6, 6.07) is 10.2. The monoisotopic (exact) mass is 262 g/mol. The molecule has 1 aliphatic rings. The molecule has 2 unspecified atom stereocenters. The Balaban J connectivity index is 2.00. The highest BCUT2D eigenvalue weighted by molar-refractivity contribution is 5.73. The van der Waals surface area contributed by atoms with Crippen molar-refractivity contribution in [2.24, 2.45) is 11.7 Å². The molecule has 1 aromatic carbocycles. The molecular weight excluding hydrogens is 240 g/mol. The molecule has 1 saturated heterocycles. The summed E-state index contributed by atoms with van der Waals surface area (Å²) in [4.78, 5) is 14.0. The molecule has 0 radical (unpaired) electrons. The fourth-order valence-corrected chi connectivity index (χ4v) is 2.60. The topological polar surface area (TPSA) is 55.6 Å². The minimum atomic E-state index is -0.243. The Morgan fingerprint density at radius 2 is 2.16 bits per heavy atom. The zero-order valence-corrected chi connectivity index (χ0v) is 11.4. The quantitative estimate of drug-likeness (QED) is 0.840. The van der Waals surface area contributed by atoms with E-state index in [-0.39, 0.29) is 18.1 Å². The maximum atomic E-state index is 11.9. The molecule has 1 aromatic rings. The van der Waals surface area contributed by atoms with E-state index in [2.05, 4.69) is 17.0 Å². The minimum absolute atomic E-state index is 0.159. The van der Waals surface area contributed by atoms with Crippen LogP contribution in [0.2, 0.25) is 0 Å². The summed E-state index contributed by atoms with van der Waals surface area (Å²) in [7, 11) is 0. The van der Waals surface area contributed by atoms with Crippen LogP contribution in [0.15, 0.2) is 30.3 Å². The van der Waals surface area contributed by atoms with Crippen molar-refractivity contribution in [2.75, 3.05) is 13.2 Å². The van der Waals surface area contributed by atoms with Gasteiger partial charge in [0, 0.05) is 13.1 Å². The minimum Gasteiger partial charge on any atom is -0.466 e. The van der Waals surface area contributed by atoms with Crippen LogP contribution in [0, 0.1) is 5.92 Å². The number of hydrogen-bond donors (Lipinski definition) is 1. The number of ether oxygens (including phenoxy) is 1. The Kier molecular flexibility index (Phi) is 4.93. The second-order valence-electron chi connectivity index (χ2n) is 4.95. The number of nitrogens with two attached hydrogens (primary N) is 1. The summed E-state index contributed by atoms with van der Waals surface area (Å²) in [6.45, 7) is 3.97. The molecule has 4 nitrogen and oxygen atoms in total. The Morgan fingerprint density at radius 3 is 2.84 bits per heavy atom. The van der Waals surface area contributed by atoms with Gasteiger partial charge >= 0.3 is 5.97 Å². The van der Waals surface area contributed by atoms with Gasteiger partial charge in [0.1, 0.15) is 0 Å². The van der Waals surface area contributed by atoms with Gasteiger partial charge in [0.2, 0.25) is 0 Å². The van der Waals surface area contributed by atoms with Crippen LogP contribution in [0.3, 0.4) is 0 Å². The number of benzene rings is 1. The number of nitrogens with zero attached hydrogens (tertiary/aromatic N) is 1. The second-order valence-corrected chi connectivity index (χ2v) is 4.95. The zero-order chi connectivity index (χ0) is 13.7. The van der Waals surface area contributed by atoms with Crippen LogP contribution in [0.5, 0.6) is 0 Å². The molecule has 0 amide bonds. The first-order chi connectivity index (χ1) is 9.22. The molecule has 0 aromatic heterocycles. The van der Waals surface area contributed by atoms with Gasteiger partial charge in [0.25, 0.3) is 0 Å². The van der Waals surface area contributed by atoms with Crippen LogP contribution in [-0.4, -0.2) is 30.2 Å². The van der Waals surface area contributed by atoms with Crippen molar-refractivity contribution < 1.29 is 9.53 Å². The molecule has 0 aliphatic carbocycles. The predicted molar refractivity (Wildman–Crippen MR) is 74.2 cm³/mol.